The molecule has 0 radical (unpaired) electrons. The largest absolute Gasteiger partial charge is 0.496 e. The van der Waals surface area contributed by atoms with E-state index in [2.05, 4.69) is 10.4 Å². The van der Waals surface area contributed by atoms with Crippen molar-refractivity contribution in [2.45, 2.75) is 5.92 Å². The van der Waals surface area contributed by atoms with Crippen LogP contribution in [0.4, 0.5) is 5.69 Å². The van der Waals surface area contributed by atoms with Gasteiger partial charge in [-0.15, -0.1) is 0 Å². The fourth-order valence-electron chi connectivity index (χ4n) is 2.40. The summed E-state index contributed by atoms with van der Waals surface area (Å²) in [5.74, 6) is 0.184. The molecule has 0 saturated carbocycles. The Kier molecular flexibility index (Phi) is 6.81. The quantitative estimate of drug-likeness (QED) is 0.494. The molecular formula is C18H21N3O5. The predicted molar refractivity (Wildman–Crippen MR) is 97.3 cm³/mol. The van der Waals surface area contributed by atoms with E-state index < -0.39 is 5.92 Å². The summed E-state index contributed by atoms with van der Waals surface area (Å²) < 4.78 is 15.9. The van der Waals surface area contributed by atoms with Crippen LogP contribution in [0.5, 0.6) is 17.2 Å². The van der Waals surface area contributed by atoms with Gasteiger partial charge in [-0.3, -0.25) is 10.0 Å². The van der Waals surface area contributed by atoms with E-state index in [1.807, 2.05) is 18.2 Å². The van der Waals surface area contributed by atoms with Crippen molar-refractivity contribution < 1.29 is 24.2 Å². The number of anilines is 1. The molecule has 0 saturated heterocycles. The highest BCUT2D eigenvalue weighted by molar-refractivity contribution is 6.07. The van der Waals surface area contributed by atoms with Gasteiger partial charge in [0.2, 0.25) is 5.91 Å². The van der Waals surface area contributed by atoms with Crippen LogP contribution in [0.1, 0.15) is 11.5 Å². The van der Waals surface area contributed by atoms with Gasteiger partial charge in [-0.1, -0.05) is 30.3 Å². The molecule has 0 bridgehead atoms. The average Bonchev–Trinajstić information content (AvgIpc) is 2.69. The number of nitrogens with one attached hydrogen (secondary N) is 2. The van der Waals surface area contributed by atoms with Gasteiger partial charge >= 0.3 is 0 Å². The molecule has 8 nitrogen and oxygen atoms in total. The van der Waals surface area contributed by atoms with E-state index in [-0.39, 0.29) is 5.91 Å². The van der Waals surface area contributed by atoms with Gasteiger partial charge in [0.1, 0.15) is 28.9 Å². The molecule has 26 heavy (non-hydrogen) atoms. The zero-order valence-corrected chi connectivity index (χ0v) is 14.7. The highest BCUT2D eigenvalue weighted by Crippen LogP contribution is 2.39. The van der Waals surface area contributed by atoms with Gasteiger partial charge in [-0.2, -0.15) is 10.7 Å². The summed E-state index contributed by atoms with van der Waals surface area (Å²) in [5, 5.41) is 15.1. The van der Waals surface area contributed by atoms with Crippen molar-refractivity contribution in [3.8, 4) is 17.2 Å². The maximum atomic E-state index is 12.9. The van der Waals surface area contributed by atoms with Crippen LogP contribution in [0.2, 0.25) is 0 Å². The van der Waals surface area contributed by atoms with Crippen molar-refractivity contribution in [1.82, 2.24) is 5.59 Å². The number of carbonyl (C=O) groups is 1. The van der Waals surface area contributed by atoms with Gasteiger partial charge < -0.3 is 19.5 Å². The van der Waals surface area contributed by atoms with E-state index in [0.717, 1.165) is 0 Å². The van der Waals surface area contributed by atoms with E-state index in [4.69, 9.17) is 19.4 Å². The van der Waals surface area contributed by atoms with Crippen LogP contribution in [0.3, 0.4) is 0 Å². The third-order valence-corrected chi connectivity index (χ3v) is 3.69. The van der Waals surface area contributed by atoms with Crippen molar-refractivity contribution in [2.75, 3.05) is 26.6 Å². The van der Waals surface area contributed by atoms with E-state index >= 15 is 0 Å². The molecule has 0 aliphatic rings. The zero-order chi connectivity index (χ0) is 18.9. The number of hydrogen-bond donors (Lipinski definition) is 3. The Morgan fingerprint density at radius 3 is 2.19 bits per heavy atom. The molecule has 0 aliphatic carbocycles. The van der Waals surface area contributed by atoms with Crippen LogP contribution in [0.15, 0.2) is 47.6 Å². The minimum Gasteiger partial charge on any atom is -0.496 e. The lowest BCUT2D eigenvalue weighted by atomic mass is 9.99. The van der Waals surface area contributed by atoms with Gasteiger partial charge in [-0.05, 0) is 5.56 Å². The smallest absolute Gasteiger partial charge is 0.237 e. The average molecular weight is 359 g/mol. The summed E-state index contributed by atoms with van der Waals surface area (Å²) in [6.07, 6.45) is 1.30. The molecule has 0 spiro atoms. The molecule has 138 valence electrons. The highest BCUT2D eigenvalue weighted by Gasteiger charge is 2.22. The first-order valence-corrected chi connectivity index (χ1v) is 7.72. The molecule has 8 heteroatoms. The SMILES string of the molecule is COc1cc(OC)c(NC(=O)C(C=NNO)c2ccccc2)c(OC)c1. The number of hydrazone groups is 1. The summed E-state index contributed by atoms with van der Waals surface area (Å²) in [6, 6.07) is 12.3. The van der Waals surface area contributed by atoms with Crippen molar-refractivity contribution in [3.63, 3.8) is 0 Å². The number of amides is 1. The van der Waals surface area contributed by atoms with E-state index in [0.29, 0.717) is 28.5 Å². The number of carbonyl (C=O) groups excluding carboxylic acids is 1. The van der Waals surface area contributed by atoms with Crippen molar-refractivity contribution in [2.24, 2.45) is 5.10 Å². The van der Waals surface area contributed by atoms with Crippen LogP contribution >= 0.6 is 0 Å². The number of ether oxygens (including phenoxy) is 3. The normalized spacial score (nSPS) is 11.7. The maximum Gasteiger partial charge on any atom is 0.237 e. The Balaban J connectivity index is 2.38. The number of nitrogens with zero attached hydrogens (tertiary/aromatic N) is 1. The Labute approximate surface area is 151 Å². The molecular weight excluding hydrogens is 338 g/mol. The molecule has 2 aromatic rings. The molecule has 0 fully saturated rings. The fourth-order valence-corrected chi connectivity index (χ4v) is 2.40. The van der Waals surface area contributed by atoms with Crippen LogP contribution in [0, 0.1) is 0 Å². The first-order valence-electron chi connectivity index (χ1n) is 7.72. The van der Waals surface area contributed by atoms with Gasteiger partial charge in [-0.25, -0.2) is 0 Å². The first-order chi connectivity index (χ1) is 12.6. The number of rotatable bonds is 8. The second-order valence-electron chi connectivity index (χ2n) is 5.16. The third-order valence-electron chi connectivity index (χ3n) is 3.69. The highest BCUT2D eigenvalue weighted by atomic mass is 16.5. The lowest BCUT2D eigenvalue weighted by Gasteiger charge is -2.18. The summed E-state index contributed by atoms with van der Waals surface area (Å²) >= 11 is 0. The maximum absolute atomic E-state index is 12.9. The topological polar surface area (TPSA) is 101 Å². The lowest BCUT2D eigenvalue weighted by molar-refractivity contribution is -0.116. The molecule has 0 heterocycles. The second-order valence-corrected chi connectivity index (χ2v) is 5.16. The monoisotopic (exact) mass is 359 g/mol. The summed E-state index contributed by atoms with van der Waals surface area (Å²) in [5.41, 5.74) is 2.74. The minimum atomic E-state index is -0.743. The first kappa shape index (κ1) is 19.1. The number of methoxy groups -OCH3 is 3. The lowest BCUT2D eigenvalue weighted by Crippen LogP contribution is -2.23. The Morgan fingerprint density at radius 1 is 1.08 bits per heavy atom. The van der Waals surface area contributed by atoms with Crippen molar-refractivity contribution >= 4 is 17.8 Å². The summed E-state index contributed by atoms with van der Waals surface area (Å²) in [6.45, 7) is 0. The van der Waals surface area contributed by atoms with Crippen LogP contribution in [-0.2, 0) is 4.79 Å². The van der Waals surface area contributed by atoms with Crippen LogP contribution in [-0.4, -0.2) is 38.7 Å². The molecule has 1 amide bonds. The number of hydrogen-bond acceptors (Lipinski definition) is 7. The van der Waals surface area contributed by atoms with Crippen LogP contribution in [0.25, 0.3) is 0 Å². The molecule has 1 unspecified atom stereocenters. The molecule has 0 aromatic heterocycles. The van der Waals surface area contributed by atoms with Gasteiger partial charge in [0.05, 0.1) is 21.3 Å². The van der Waals surface area contributed by atoms with Gasteiger partial charge in [0.15, 0.2) is 0 Å². The van der Waals surface area contributed by atoms with Gasteiger partial charge in [0.25, 0.3) is 0 Å². The Morgan fingerprint density at radius 2 is 1.69 bits per heavy atom. The molecule has 2 rings (SSSR count). The Bertz CT molecular complexity index is 740. The molecule has 3 N–H and O–H groups in total. The fraction of sp³-hybridized carbons (Fsp3) is 0.222. The minimum absolute atomic E-state index is 0.368. The van der Waals surface area contributed by atoms with Crippen molar-refractivity contribution in [1.29, 1.82) is 0 Å². The Hall–Kier alpha value is -3.26. The van der Waals surface area contributed by atoms with Crippen molar-refractivity contribution in [3.05, 3.63) is 48.0 Å². The molecule has 0 aliphatic heterocycles. The van der Waals surface area contributed by atoms with E-state index in [9.17, 15) is 4.79 Å². The summed E-state index contributed by atoms with van der Waals surface area (Å²) in [4.78, 5) is 12.9. The van der Waals surface area contributed by atoms with Gasteiger partial charge in [0, 0.05) is 18.3 Å². The number of benzene rings is 2. The zero-order valence-electron chi connectivity index (χ0n) is 14.7. The standard InChI is InChI=1S/C18H21N3O5/c1-24-13-9-15(25-2)17(16(10-13)26-3)20-18(22)14(11-19-21-23)12-7-5-4-6-8-12/h4-11,14,21,23H,1-3H3,(H,20,22). The second kappa shape index (κ2) is 9.28. The van der Waals surface area contributed by atoms with E-state index in [1.54, 1.807) is 29.9 Å². The molecule has 1 atom stereocenters. The third kappa shape index (κ3) is 4.42. The van der Waals surface area contributed by atoms with Crippen LogP contribution < -0.4 is 25.1 Å². The predicted octanol–water partition coefficient (Wildman–Crippen LogP) is 2.40. The summed E-state index contributed by atoms with van der Waals surface area (Å²) in [7, 11) is 4.49. The molecule has 2 aromatic carbocycles. The van der Waals surface area contributed by atoms with E-state index in [1.165, 1.54) is 27.5 Å².